The molecule has 2 heterocycles. The van der Waals surface area contributed by atoms with Crippen molar-refractivity contribution in [2.45, 2.75) is 18.7 Å². The lowest BCUT2D eigenvalue weighted by molar-refractivity contribution is -0.0212. The van der Waals surface area contributed by atoms with Gasteiger partial charge in [0, 0.05) is 12.0 Å². The Labute approximate surface area is 162 Å². The number of benzene rings is 3. The zero-order valence-corrected chi connectivity index (χ0v) is 15.4. The van der Waals surface area contributed by atoms with Crippen LogP contribution in [-0.4, -0.2) is 17.8 Å². The van der Waals surface area contributed by atoms with Gasteiger partial charge in [0.1, 0.15) is 17.3 Å². The van der Waals surface area contributed by atoms with Gasteiger partial charge in [-0.1, -0.05) is 36.4 Å². The third kappa shape index (κ3) is 2.71. The molecular formula is C23H19FN2O2. The molecule has 0 saturated carbocycles. The van der Waals surface area contributed by atoms with E-state index in [1.165, 1.54) is 6.07 Å². The molecule has 5 rings (SSSR count). The van der Waals surface area contributed by atoms with Crippen LogP contribution in [0, 0.1) is 5.82 Å². The van der Waals surface area contributed by atoms with Crippen molar-refractivity contribution in [3.63, 3.8) is 0 Å². The Bertz CT molecular complexity index is 1050. The maximum absolute atomic E-state index is 14.5. The lowest BCUT2D eigenvalue weighted by Crippen LogP contribution is -2.34. The molecule has 4 nitrogen and oxygen atoms in total. The Morgan fingerprint density at radius 1 is 0.964 bits per heavy atom. The average Bonchev–Trinajstić information content (AvgIpc) is 3.19. The van der Waals surface area contributed by atoms with Crippen LogP contribution in [0.5, 0.6) is 11.5 Å². The van der Waals surface area contributed by atoms with Crippen molar-refractivity contribution in [2.24, 2.45) is 5.10 Å². The largest absolute Gasteiger partial charge is 0.497 e. The molecule has 0 saturated heterocycles. The molecule has 5 heteroatoms. The van der Waals surface area contributed by atoms with Gasteiger partial charge in [-0.15, -0.1) is 0 Å². The monoisotopic (exact) mass is 374 g/mol. The summed E-state index contributed by atoms with van der Waals surface area (Å²) in [4.78, 5) is 0. The van der Waals surface area contributed by atoms with Crippen molar-refractivity contribution in [2.75, 3.05) is 7.11 Å². The molecule has 0 N–H and O–H groups in total. The molecule has 28 heavy (non-hydrogen) atoms. The van der Waals surface area contributed by atoms with Crippen LogP contribution in [-0.2, 0) is 0 Å². The third-order valence-corrected chi connectivity index (χ3v) is 5.29. The molecule has 2 atom stereocenters. The van der Waals surface area contributed by atoms with Gasteiger partial charge >= 0.3 is 0 Å². The predicted octanol–water partition coefficient (Wildman–Crippen LogP) is 5.08. The third-order valence-electron chi connectivity index (χ3n) is 5.29. The van der Waals surface area contributed by atoms with E-state index in [2.05, 4.69) is 6.07 Å². The topological polar surface area (TPSA) is 34.1 Å². The normalized spacial score (nSPS) is 20.1. The van der Waals surface area contributed by atoms with E-state index in [1.807, 2.05) is 53.5 Å². The number of hydrazone groups is 1. The Morgan fingerprint density at radius 3 is 2.43 bits per heavy atom. The summed E-state index contributed by atoms with van der Waals surface area (Å²) >= 11 is 0. The van der Waals surface area contributed by atoms with Gasteiger partial charge in [0.2, 0.25) is 6.23 Å². The Balaban J connectivity index is 1.58. The van der Waals surface area contributed by atoms with Crippen LogP contribution in [0.25, 0.3) is 0 Å². The number of fused-ring (bicyclic) bond motifs is 3. The van der Waals surface area contributed by atoms with Gasteiger partial charge in [-0.25, -0.2) is 9.40 Å². The van der Waals surface area contributed by atoms with Crippen LogP contribution in [0.1, 0.15) is 35.4 Å². The maximum atomic E-state index is 14.5. The second-order valence-electron chi connectivity index (χ2n) is 6.90. The summed E-state index contributed by atoms with van der Waals surface area (Å²) in [6.07, 6.45) is 0.134. The van der Waals surface area contributed by atoms with E-state index < -0.39 is 6.23 Å². The van der Waals surface area contributed by atoms with Crippen LogP contribution in [0.3, 0.4) is 0 Å². The number of hydrogen-bond acceptors (Lipinski definition) is 4. The molecule has 2 aliphatic heterocycles. The molecule has 0 radical (unpaired) electrons. The van der Waals surface area contributed by atoms with Gasteiger partial charge in [-0.3, -0.25) is 0 Å². The van der Waals surface area contributed by atoms with E-state index in [0.717, 1.165) is 34.8 Å². The molecular weight excluding hydrogens is 355 g/mol. The fraction of sp³-hybridized carbons (Fsp3) is 0.174. The van der Waals surface area contributed by atoms with Crippen LogP contribution < -0.4 is 9.47 Å². The van der Waals surface area contributed by atoms with Gasteiger partial charge in [0.15, 0.2) is 0 Å². The van der Waals surface area contributed by atoms with Crippen molar-refractivity contribution in [1.82, 2.24) is 5.01 Å². The lowest BCUT2D eigenvalue weighted by Gasteiger charge is -2.38. The van der Waals surface area contributed by atoms with Gasteiger partial charge in [-0.2, -0.15) is 5.10 Å². The van der Waals surface area contributed by atoms with Gasteiger partial charge in [0.05, 0.1) is 24.4 Å². The molecule has 3 aromatic rings. The van der Waals surface area contributed by atoms with Crippen molar-refractivity contribution in [3.05, 3.63) is 95.3 Å². The fourth-order valence-corrected chi connectivity index (χ4v) is 3.87. The van der Waals surface area contributed by atoms with Gasteiger partial charge in [-0.05, 0) is 42.0 Å². The number of rotatable bonds is 3. The minimum absolute atomic E-state index is 0.00616. The Morgan fingerprint density at radius 2 is 1.68 bits per heavy atom. The number of para-hydroxylation sites is 1. The summed E-state index contributed by atoms with van der Waals surface area (Å²) in [5, 5.41) is 6.74. The molecule has 0 aliphatic carbocycles. The van der Waals surface area contributed by atoms with Crippen molar-refractivity contribution < 1.29 is 13.9 Å². The average molecular weight is 374 g/mol. The van der Waals surface area contributed by atoms with E-state index in [0.29, 0.717) is 5.56 Å². The second kappa shape index (κ2) is 6.68. The van der Waals surface area contributed by atoms with Crippen LogP contribution in [0.15, 0.2) is 77.9 Å². The molecule has 0 bridgehead atoms. The predicted molar refractivity (Wildman–Crippen MR) is 105 cm³/mol. The number of hydrogen-bond donors (Lipinski definition) is 0. The van der Waals surface area contributed by atoms with Crippen LogP contribution >= 0.6 is 0 Å². The van der Waals surface area contributed by atoms with Crippen LogP contribution in [0.4, 0.5) is 4.39 Å². The quantitative estimate of drug-likeness (QED) is 0.641. The molecule has 0 aromatic heterocycles. The van der Waals surface area contributed by atoms with Gasteiger partial charge in [0.25, 0.3) is 0 Å². The molecule has 0 unspecified atom stereocenters. The van der Waals surface area contributed by atoms with E-state index in [1.54, 1.807) is 19.2 Å². The smallest absolute Gasteiger partial charge is 0.216 e. The van der Waals surface area contributed by atoms with E-state index >= 15 is 0 Å². The molecule has 3 aromatic carbocycles. The highest BCUT2D eigenvalue weighted by Gasteiger charge is 2.41. The summed E-state index contributed by atoms with van der Waals surface area (Å²) in [5.41, 5.74) is 3.54. The lowest BCUT2D eigenvalue weighted by atomic mass is 9.96. The summed E-state index contributed by atoms with van der Waals surface area (Å²) < 4.78 is 26.0. The minimum Gasteiger partial charge on any atom is -0.497 e. The molecule has 0 fully saturated rings. The van der Waals surface area contributed by atoms with Crippen LogP contribution in [0.2, 0.25) is 0 Å². The first-order chi connectivity index (χ1) is 13.7. The molecule has 0 spiro atoms. The maximum Gasteiger partial charge on any atom is 0.216 e. The summed E-state index contributed by atoms with van der Waals surface area (Å²) in [6.45, 7) is 0. The first-order valence-electron chi connectivity index (χ1n) is 9.25. The summed E-state index contributed by atoms with van der Waals surface area (Å²) in [7, 11) is 1.65. The van der Waals surface area contributed by atoms with Crippen molar-refractivity contribution in [3.8, 4) is 11.5 Å². The Hall–Kier alpha value is -3.34. The van der Waals surface area contributed by atoms with Gasteiger partial charge < -0.3 is 9.47 Å². The zero-order valence-electron chi connectivity index (χ0n) is 15.4. The summed E-state index contributed by atoms with van der Waals surface area (Å²) in [5.74, 6) is 1.29. The highest BCUT2D eigenvalue weighted by atomic mass is 19.1. The first-order valence-corrected chi connectivity index (χ1v) is 9.25. The first kappa shape index (κ1) is 16.8. The van der Waals surface area contributed by atoms with Crippen molar-refractivity contribution >= 4 is 5.71 Å². The molecule has 140 valence electrons. The highest BCUT2D eigenvalue weighted by Crippen LogP contribution is 2.47. The Kier molecular flexibility index (Phi) is 4.01. The van der Waals surface area contributed by atoms with E-state index in [9.17, 15) is 4.39 Å². The SMILES string of the molecule is COc1ccc(C2=NN3[C@H](C2)c2ccccc2O[C@H]3c2ccccc2F)cc1. The van der Waals surface area contributed by atoms with E-state index in [-0.39, 0.29) is 11.9 Å². The fourth-order valence-electron chi connectivity index (χ4n) is 3.87. The number of nitrogens with zero attached hydrogens (tertiary/aromatic N) is 2. The highest BCUT2D eigenvalue weighted by molar-refractivity contribution is 6.02. The van der Waals surface area contributed by atoms with Crippen molar-refractivity contribution in [1.29, 1.82) is 0 Å². The minimum atomic E-state index is -0.600. The molecule has 2 aliphatic rings. The standard InChI is InChI=1S/C23H19FN2O2/c1-27-16-12-10-15(11-13-16)20-14-21-18-7-3-5-9-22(18)28-23(26(21)25-20)17-6-2-4-8-19(17)24/h2-13,21,23H,14H2,1H3/t21-,23+/m1/s1. The molecule has 0 amide bonds. The number of ether oxygens (including phenoxy) is 2. The summed E-state index contributed by atoms with van der Waals surface area (Å²) in [6, 6.07) is 22.5. The van der Waals surface area contributed by atoms with E-state index in [4.69, 9.17) is 14.6 Å². The second-order valence-corrected chi connectivity index (χ2v) is 6.90. The zero-order chi connectivity index (χ0) is 19.1. The number of halogens is 1. The number of methoxy groups -OCH3 is 1.